The van der Waals surface area contributed by atoms with E-state index < -0.39 is 15.7 Å². The molecule has 3 aromatic carbocycles. The van der Waals surface area contributed by atoms with Crippen LogP contribution in [0.25, 0.3) is 0 Å². The van der Waals surface area contributed by atoms with Crippen LogP contribution in [0.2, 0.25) is 0 Å². The van der Waals surface area contributed by atoms with Crippen molar-refractivity contribution < 1.29 is 22.3 Å². The third-order valence-electron chi connectivity index (χ3n) is 4.27. The first-order valence-corrected chi connectivity index (χ1v) is 10.7. The number of ether oxygens (including phenoxy) is 1. The number of benzene rings is 3. The third-order valence-corrected chi connectivity index (χ3v) is 6.06. The highest BCUT2D eigenvalue weighted by molar-refractivity contribution is 7.91. The molecule has 0 saturated heterocycles. The molecule has 0 unspecified atom stereocenters. The number of amides is 1. The van der Waals surface area contributed by atoms with Crippen LogP contribution in [0.3, 0.4) is 0 Å². The van der Waals surface area contributed by atoms with Crippen molar-refractivity contribution in [2.24, 2.45) is 0 Å². The fraction of sp³-hybridized carbons (Fsp3) is 0.136. The van der Waals surface area contributed by atoms with E-state index in [1.807, 2.05) is 0 Å². The maximum Gasteiger partial charge on any atom is 0.252 e. The van der Waals surface area contributed by atoms with Gasteiger partial charge in [0.1, 0.15) is 17.3 Å². The Morgan fingerprint density at radius 2 is 1.52 bits per heavy atom. The van der Waals surface area contributed by atoms with Gasteiger partial charge in [0.15, 0.2) is 9.84 Å². The van der Waals surface area contributed by atoms with Gasteiger partial charge in [-0.25, -0.2) is 12.8 Å². The Bertz CT molecular complexity index is 1090. The molecule has 0 atom stereocenters. The highest BCUT2D eigenvalue weighted by atomic mass is 32.2. The van der Waals surface area contributed by atoms with Crippen LogP contribution in [0.15, 0.2) is 77.7 Å². The summed E-state index contributed by atoms with van der Waals surface area (Å²) in [4.78, 5) is 12.5. The van der Waals surface area contributed by atoms with E-state index in [9.17, 15) is 17.6 Å². The van der Waals surface area contributed by atoms with Crippen LogP contribution < -0.4 is 10.1 Å². The Labute approximate surface area is 169 Å². The van der Waals surface area contributed by atoms with Gasteiger partial charge < -0.3 is 10.1 Å². The number of carbonyl (C=O) groups is 1. The van der Waals surface area contributed by atoms with Crippen LogP contribution >= 0.6 is 0 Å². The van der Waals surface area contributed by atoms with Crippen LogP contribution in [0.4, 0.5) is 4.39 Å². The largest absolute Gasteiger partial charge is 0.457 e. The van der Waals surface area contributed by atoms with Crippen LogP contribution in [-0.2, 0) is 16.4 Å². The van der Waals surface area contributed by atoms with E-state index >= 15 is 0 Å². The zero-order valence-electron chi connectivity index (χ0n) is 15.8. The van der Waals surface area contributed by atoms with Gasteiger partial charge >= 0.3 is 0 Å². The van der Waals surface area contributed by atoms with Gasteiger partial charge in [0.2, 0.25) is 0 Å². The van der Waals surface area contributed by atoms with E-state index in [-0.39, 0.29) is 28.6 Å². The molecular weight excluding hydrogens is 393 g/mol. The minimum atomic E-state index is -3.50. The summed E-state index contributed by atoms with van der Waals surface area (Å²) < 4.78 is 42.9. The fourth-order valence-corrected chi connectivity index (χ4v) is 3.77. The Morgan fingerprint density at radius 1 is 0.931 bits per heavy atom. The van der Waals surface area contributed by atoms with Crippen molar-refractivity contribution >= 4 is 15.7 Å². The lowest BCUT2D eigenvalue weighted by Gasteiger charge is -2.11. The lowest BCUT2D eigenvalue weighted by Crippen LogP contribution is -2.25. The molecule has 3 rings (SSSR count). The molecule has 0 fully saturated rings. The first-order valence-electron chi connectivity index (χ1n) is 9.01. The van der Waals surface area contributed by atoms with Gasteiger partial charge in [0.05, 0.1) is 16.2 Å². The first-order chi connectivity index (χ1) is 13.9. The second kappa shape index (κ2) is 8.87. The van der Waals surface area contributed by atoms with Crippen LogP contribution in [0.1, 0.15) is 22.8 Å². The van der Waals surface area contributed by atoms with Gasteiger partial charge in [0.25, 0.3) is 5.91 Å². The Kier molecular flexibility index (Phi) is 6.29. The topological polar surface area (TPSA) is 72.5 Å². The molecule has 0 aliphatic rings. The molecule has 0 bridgehead atoms. The number of nitrogens with one attached hydrogen (secondary N) is 1. The minimum absolute atomic E-state index is 0.0306. The summed E-state index contributed by atoms with van der Waals surface area (Å²) in [6.07, 6.45) is 0. The van der Waals surface area contributed by atoms with E-state index in [4.69, 9.17) is 4.74 Å². The van der Waals surface area contributed by atoms with Gasteiger partial charge in [-0.15, -0.1) is 0 Å². The zero-order chi connectivity index (χ0) is 20.9. The highest BCUT2D eigenvalue weighted by Crippen LogP contribution is 2.22. The molecule has 7 heteroatoms. The second-order valence-corrected chi connectivity index (χ2v) is 8.53. The van der Waals surface area contributed by atoms with Crippen molar-refractivity contribution in [2.45, 2.75) is 18.4 Å². The number of rotatable bonds is 7. The van der Waals surface area contributed by atoms with Crippen molar-refractivity contribution in [2.75, 3.05) is 5.75 Å². The number of halogens is 1. The molecule has 0 saturated carbocycles. The summed E-state index contributed by atoms with van der Waals surface area (Å²) >= 11 is 0. The van der Waals surface area contributed by atoms with Crippen molar-refractivity contribution in [1.29, 1.82) is 0 Å². The van der Waals surface area contributed by atoms with Crippen LogP contribution in [0.5, 0.6) is 11.5 Å². The van der Waals surface area contributed by atoms with Gasteiger partial charge in [-0.3, -0.25) is 4.79 Å². The van der Waals surface area contributed by atoms with E-state index in [0.717, 1.165) is 5.56 Å². The molecule has 0 aromatic heterocycles. The maximum absolute atomic E-state index is 12.9. The smallest absolute Gasteiger partial charge is 0.252 e. The van der Waals surface area contributed by atoms with Gasteiger partial charge in [0, 0.05) is 6.54 Å². The minimum Gasteiger partial charge on any atom is -0.457 e. The normalized spacial score (nSPS) is 11.1. The van der Waals surface area contributed by atoms with Crippen molar-refractivity contribution in [3.8, 4) is 11.5 Å². The molecule has 1 N–H and O–H groups in total. The van der Waals surface area contributed by atoms with E-state index in [1.54, 1.807) is 43.3 Å². The zero-order valence-corrected chi connectivity index (χ0v) is 16.6. The number of sulfone groups is 1. The van der Waals surface area contributed by atoms with E-state index in [1.165, 1.54) is 36.4 Å². The van der Waals surface area contributed by atoms with Crippen LogP contribution in [0, 0.1) is 5.82 Å². The second-order valence-electron chi connectivity index (χ2n) is 6.28. The molecule has 1 amide bonds. The summed E-state index contributed by atoms with van der Waals surface area (Å²) in [5.41, 5.74) is 0.950. The summed E-state index contributed by atoms with van der Waals surface area (Å²) in [5, 5.41) is 2.74. The van der Waals surface area contributed by atoms with Gasteiger partial charge in [-0.2, -0.15) is 0 Å². The van der Waals surface area contributed by atoms with Crippen LogP contribution in [-0.4, -0.2) is 20.1 Å². The van der Waals surface area contributed by atoms with Gasteiger partial charge in [-0.1, -0.05) is 31.2 Å². The number of hydrogen-bond acceptors (Lipinski definition) is 4. The summed E-state index contributed by atoms with van der Waals surface area (Å²) in [6.45, 7) is 1.77. The van der Waals surface area contributed by atoms with Crippen molar-refractivity contribution in [1.82, 2.24) is 5.32 Å². The molecule has 5 nitrogen and oxygen atoms in total. The molecule has 0 spiro atoms. The molecule has 0 radical (unpaired) electrons. The molecular formula is C22H20FNO4S. The molecule has 3 aromatic rings. The molecule has 29 heavy (non-hydrogen) atoms. The molecule has 0 aliphatic carbocycles. The summed E-state index contributed by atoms with van der Waals surface area (Å²) in [7, 11) is -3.50. The molecule has 150 valence electrons. The Balaban J connectivity index is 1.65. The number of hydrogen-bond donors (Lipinski definition) is 1. The average Bonchev–Trinajstić information content (AvgIpc) is 2.74. The Morgan fingerprint density at radius 3 is 2.14 bits per heavy atom. The lowest BCUT2D eigenvalue weighted by molar-refractivity contribution is 0.0947. The molecule has 0 heterocycles. The Hall–Kier alpha value is -3.19. The van der Waals surface area contributed by atoms with E-state index in [0.29, 0.717) is 11.5 Å². The number of carbonyl (C=O) groups excluding carboxylic acids is 1. The third kappa shape index (κ3) is 5.20. The predicted molar refractivity (Wildman–Crippen MR) is 108 cm³/mol. The SMILES string of the molecule is CCS(=O)(=O)c1ccccc1C(=O)NCc1ccc(Oc2ccc(F)cc2)cc1. The highest BCUT2D eigenvalue weighted by Gasteiger charge is 2.20. The fourth-order valence-electron chi connectivity index (χ4n) is 2.67. The lowest BCUT2D eigenvalue weighted by atomic mass is 10.2. The monoisotopic (exact) mass is 413 g/mol. The van der Waals surface area contributed by atoms with Crippen molar-refractivity contribution in [3.05, 3.63) is 89.7 Å². The standard InChI is InChI=1S/C22H20FNO4S/c1-2-29(26,27)21-6-4-3-5-20(21)22(25)24-15-16-7-11-18(12-8-16)28-19-13-9-17(23)10-14-19/h3-14H,2,15H2,1H3,(H,24,25). The summed E-state index contributed by atoms with van der Waals surface area (Å²) in [6, 6.07) is 18.9. The molecule has 0 aliphatic heterocycles. The maximum atomic E-state index is 12.9. The predicted octanol–water partition coefficient (Wildman–Crippen LogP) is 4.34. The first kappa shape index (κ1) is 20.5. The van der Waals surface area contributed by atoms with Gasteiger partial charge in [-0.05, 0) is 54.1 Å². The quantitative estimate of drug-likeness (QED) is 0.625. The summed E-state index contributed by atoms with van der Waals surface area (Å²) in [5.74, 6) is 0.223. The van der Waals surface area contributed by atoms with Crippen molar-refractivity contribution in [3.63, 3.8) is 0 Å². The average molecular weight is 413 g/mol. The van der Waals surface area contributed by atoms with E-state index in [2.05, 4.69) is 5.32 Å².